The van der Waals surface area contributed by atoms with E-state index in [1.165, 1.54) is 18.4 Å². The first-order valence-electron chi connectivity index (χ1n) is 5.29. The topological polar surface area (TPSA) is 0 Å². The van der Waals surface area contributed by atoms with Crippen LogP contribution in [0.1, 0.15) is 36.8 Å². The second-order valence-corrected chi connectivity index (χ2v) is 4.06. The van der Waals surface area contributed by atoms with Crippen molar-refractivity contribution in [1.82, 2.24) is 0 Å². The van der Waals surface area contributed by atoms with Gasteiger partial charge < -0.3 is 0 Å². The Morgan fingerprint density at radius 3 is 2.38 bits per heavy atom. The van der Waals surface area contributed by atoms with Crippen LogP contribution in [0, 0.1) is 5.92 Å². The second-order valence-electron chi connectivity index (χ2n) is 4.06. The van der Waals surface area contributed by atoms with Gasteiger partial charge in [-0.25, -0.2) is 0 Å². The van der Waals surface area contributed by atoms with Gasteiger partial charge >= 0.3 is 90.8 Å². The van der Waals surface area contributed by atoms with Crippen molar-refractivity contribution in [1.29, 1.82) is 0 Å². The van der Waals surface area contributed by atoms with Gasteiger partial charge in [0.25, 0.3) is 0 Å². The molecule has 0 aliphatic heterocycles. The van der Waals surface area contributed by atoms with Crippen molar-refractivity contribution in [3.63, 3.8) is 0 Å². The molecule has 0 fully saturated rings. The summed E-state index contributed by atoms with van der Waals surface area (Å²) in [5, 5.41) is 0. The van der Waals surface area contributed by atoms with Crippen LogP contribution in [-0.4, -0.2) is 17.7 Å². The van der Waals surface area contributed by atoms with Gasteiger partial charge in [-0.2, -0.15) is 0 Å². The summed E-state index contributed by atoms with van der Waals surface area (Å²) in [6, 6.07) is 10.8. The van der Waals surface area contributed by atoms with Gasteiger partial charge in [-0.3, -0.25) is 0 Å². The van der Waals surface area contributed by atoms with Crippen LogP contribution in [0.2, 0.25) is 0 Å². The number of rotatable bonds is 4. The van der Waals surface area contributed by atoms with E-state index in [0.717, 1.165) is 5.92 Å². The molecule has 0 spiro atoms. The monoisotopic (exact) mass is 168 g/mol. The molecule has 1 aromatic rings. The van der Waals surface area contributed by atoms with Gasteiger partial charge in [0.05, 0.1) is 0 Å². The zero-order chi connectivity index (χ0) is 9.68. The second kappa shape index (κ2) is 5.53. The van der Waals surface area contributed by atoms with E-state index >= 15 is 0 Å². The first-order valence-corrected chi connectivity index (χ1v) is 5.29. The summed E-state index contributed by atoms with van der Waals surface area (Å²) in [4.78, 5) is 0. The minimum absolute atomic E-state index is 0.705. The Balaban J connectivity index is 2.53. The standard InChI is InChI=1S/C12H17.Li/c1-3-11(2)9-10-12-7-5-4-6-8-12;/h4-8,10-11H,3,9H2,1-2H3;. The quantitative estimate of drug-likeness (QED) is 0.605. The van der Waals surface area contributed by atoms with E-state index in [1.807, 2.05) is 0 Å². The van der Waals surface area contributed by atoms with E-state index in [9.17, 15) is 0 Å². The van der Waals surface area contributed by atoms with Gasteiger partial charge in [-0.05, 0) is 0 Å². The van der Waals surface area contributed by atoms with Crippen molar-refractivity contribution in [3.05, 3.63) is 35.9 Å². The summed E-state index contributed by atoms with van der Waals surface area (Å²) < 4.78 is 0.705. The predicted octanol–water partition coefficient (Wildman–Crippen LogP) is 3.33. The maximum absolute atomic E-state index is 2.33. The summed E-state index contributed by atoms with van der Waals surface area (Å²) in [6.07, 6.45) is 2.59. The molecular weight excluding hydrogens is 151 g/mol. The SMILES string of the molecule is [Li][CH](CC(C)CC)c1ccccc1. The van der Waals surface area contributed by atoms with Gasteiger partial charge in [-0.1, -0.05) is 0 Å². The van der Waals surface area contributed by atoms with Crippen molar-refractivity contribution in [2.24, 2.45) is 5.92 Å². The van der Waals surface area contributed by atoms with E-state index in [2.05, 4.69) is 61.9 Å². The Morgan fingerprint density at radius 2 is 1.85 bits per heavy atom. The van der Waals surface area contributed by atoms with Crippen LogP contribution >= 0.6 is 0 Å². The summed E-state index contributed by atoms with van der Waals surface area (Å²) in [5.41, 5.74) is 1.47. The Kier molecular flexibility index (Phi) is 4.63. The molecule has 0 saturated carbocycles. The van der Waals surface area contributed by atoms with Gasteiger partial charge in [0.15, 0.2) is 0 Å². The normalized spacial score (nSPS) is 15.4. The van der Waals surface area contributed by atoms with Gasteiger partial charge in [-0.15, -0.1) is 0 Å². The molecule has 0 amide bonds. The summed E-state index contributed by atoms with van der Waals surface area (Å²) in [5.74, 6) is 0.843. The molecule has 0 radical (unpaired) electrons. The molecule has 1 heteroatoms. The van der Waals surface area contributed by atoms with Crippen molar-refractivity contribution in [3.8, 4) is 0 Å². The zero-order valence-corrected chi connectivity index (χ0v) is 8.96. The van der Waals surface area contributed by atoms with Crippen LogP contribution in [-0.2, 0) is 0 Å². The van der Waals surface area contributed by atoms with Crippen LogP contribution in [0.3, 0.4) is 0 Å². The first kappa shape index (κ1) is 10.9. The van der Waals surface area contributed by atoms with Crippen LogP contribution in [0.15, 0.2) is 30.3 Å². The molecule has 0 N–H and O–H groups in total. The molecule has 0 bridgehead atoms. The van der Waals surface area contributed by atoms with Crippen LogP contribution < -0.4 is 0 Å². The molecule has 0 heterocycles. The fraction of sp³-hybridized carbons (Fsp3) is 0.500. The Morgan fingerprint density at radius 1 is 1.23 bits per heavy atom. The summed E-state index contributed by atoms with van der Waals surface area (Å²) in [6.45, 7) is 4.60. The number of hydrogen-bond donors (Lipinski definition) is 0. The third-order valence-corrected chi connectivity index (χ3v) is 2.82. The molecule has 13 heavy (non-hydrogen) atoms. The third-order valence-electron chi connectivity index (χ3n) is 2.82. The van der Waals surface area contributed by atoms with Crippen LogP contribution in [0.4, 0.5) is 0 Å². The minimum atomic E-state index is 0.705. The van der Waals surface area contributed by atoms with Gasteiger partial charge in [0.1, 0.15) is 0 Å². The summed E-state index contributed by atoms with van der Waals surface area (Å²) in [7, 11) is 0. The van der Waals surface area contributed by atoms with E-state index in [0.29, 0.717) is 4.59 Å². The van der Waals surface area contributed by atoms with E-state index in [-0.39, 0.29) is 0 Å². The number of hydrogen-bond acceptors (Lipinski definition) is 0. The van der Waals surface area contributed by atoms with Gasteiger partial charge in [0.2, 0.25) is 0 Å². The molecule has 0 aliphatic carbocycles. The average Bonchev–Trinajstić information content (AvgIpc) is 2.19. The molecule has 0 saturated heterocycles. The molecule has 0 aliphatic rings. The van der Waals surface area contributed by atoms with E-state index in [1.54, 1.807) is 0 Å². The molecule has 0 nitrogen and oxygen atoms in total. The molecule has 2 unspecified atom stereocenters. The molecule has 66 valence electrons. The van der Waals surface area contributed by atoms with Crippen molar-refractivity contribution in [2.75, 3.05) is 0 Å². The Labute approximate surface area is 90.9 Å². The third kappa shape index (κ3) is 3.59. The van der Waals surface area contributed by atoms with Gasteiger partial charge in [0, 0.05) is 0 Å². The predicted molar refractivity (Wildman–Crippen MR) is 59.0 cm³/mol. The molecule has 0 aromatic heterocycles. The molecule has 2 atom stereocenters. The maximum atomic E-state index is 2.33. The fourth-order valence-corrected chi connectivity index (χ4v) is 1.69. The van der Waals surface area contributed by atoms with Crippen molar-refractivity contribution < 1.29 is 0 Å². The van der Waals surface area contributed by atoms with Crippen LogP contribution in [0.5, 0.6) is 0 Å². The molecule has 1 rings (SSSR count). The first-order chi connectivity index (χ1) is 6.24. The average molecular weight is 168 g/mol. The van der Waals surface area contributed by atoms with Crippen molar-refractivity contribution >= 4 is 17.7 Å². The van der Waals surface area contributed by atoms with Crippen molar-refractivity contribution in [2.45, 2.75) is 31.3 Å². The molecule has 1 aromatic carbocycles. The Hall–Kier alpha value is -0.183. The Bertz CT molecular complexity index is 230. The van der Waals surface area contributed by atoms with Crippen LogP contribution in [0.25, 0.3) is 0 Å². The fourth-order valence-electron chi connectivity index (χ4n) is 1.69. The zero-order valence-electron chi connectivity index (χ0n) is 8.96. The molecular formula is C12H17Li. The van der Waals surface area contributed by atoms with E-state index in [4.69, 9.17) is 0 Å². The van der Waals surface area contributed by atoms with E-state index < -0.39 is 0 Å². The summed E-state index contributed by atoms with van der Waals surface area (Å²) >= 11 is 2.32. The number of benzene rings is 1.